The fraction of sp³-hybridized carbons (Fsp3) is 0.650. The van der Waals surface area contributed by atoms with Gasteiger partial charge in [0.15, 0.2) is 0 Å². The summed E-state index contributed by atoms with van der Waals surface area (Å²) >= 11 is 0. The molecule has 144 valence electrons. The summed E-state index contributed by atoms with van der Waals surface area (Å²) in [5.41, 5.74) is 0.779. The highest BCUT2D eigenvalue weighted by molar-refractivity contribution is 6.58. The molecule has 2 rings (SSSR count). The largest absolute Gasteiger partial charge is 0.488 e. The minimum atomic E-state index is -1.56. The Morgan fingerprint density at radius 2 is 1.85 bits per heavy atom. The zero-order valence-corrected chi connectivity index (χ0v) is 15.8. The molecule has 1 heterocycles. The molecule has 0 unspecified atom stereocenters. The van der Waals surface area contributed by atoms with Crippen molar-refractivity contribution in [1.82, 2.24) is 0 Å². The third-order valence-corrected chi connectivity index (χ3v) is 5.29. The lowest BCUT2D eigenvalue weighted by molar-refractivity contribution is -0.134. The Labute approximate surface area is 156 Å². The quantitative estimate of drug-likeness (QED) is 0.259. The molecule has 1 aromatic carbocycles. The van der Waals surface area contributed by atoms with E-state index < -0.39 is 7.12 Å². The third-order valence-electron chi connectivity index (χ3n) is 5.29. The van der Waals surface area contributed by atoms with Crippen LogP contribution in [0.15, 0.2) is 24.3 Å². The van der Waals surface area contributed by atoms with E-state index in [-0.39, 0.29) is 5.97 Å². The highest BCUT2D eigenvalue weighted by atomic mass is 16.5. The van der Waals surface area contributed by atoms with Crippen LogP contribution in [-0.4, -0.2) is 36.3 Å². The summed E-state index contributed by atoms with van der Waals surface area (Å²) in [5.74, 6) is 0.0786. The van der Waals surface area contributed by atoms with E-state index in [1.165, 1.54) is 38.2 Å². The van der Waals surface area contributed by atoms with E-state index in [1.54, 1.807) is 18.2 Å². The van der Waals surface area contributed by atoms with Crippen LogP contribution in [0.4, 0.5) is 0 Å². The predicted molar refractivity (Wildman–Crippen MR) is 102 cm³/mol. The molecule has 5 nitrogen and oxygen atoms in total. The first-order chi connectivity index (χ1) is 12.5. The van der Waals surface area contributed by atoms with Crippen molar-refractivity contribution >= 4 is 18.6 Å². The molecular formula is C20H31BO5. The van der Waals surface area contributed by atoms with E-state index in [0.717, 1.165) is 32.5 Å². The number of ether oxygens (including phenoxy) is 2. The fourth-order valence-corrected chi connectivity index (χ4v) is 3.31. The van der Waals surface area contributed by atoms with E-state index >= 15 is 0 Å². The van der Waals surface area contributed by atoms with Gasteiger partial charge in [-0.15, -0.1) is 0 Å². The van der Waals surface area contributed by atoms with Gasteiger partial charge in [-0.2, -0.15) is 0 Å². The van der Waals surface area contributed by atoms with Gasteiger partial charge in [-0.3, -0.25) is 4.79 Å². The lowest BCUT2D eigenvalue weighted by atomic mass is 9.78. The second-order valence-corrected chi connectivity index (χ2v) is 7.39. The van der Waals surface area contributed by atoms with Crippen LogP contribution in [0.25, 0.3) is 0 Å². The Morgan fingerprint density at radius 1 is 1.15 bits per heavy atom. The van der Waals surface area contributed by atoms with Crippen molar-refractivity contribution in [2.75, 3.05) is 13.2 Å². The van der Waals surface area contributed by atoms with Gasteiger partial charge < -0.3 is 19.5 Å². The first-order valence-corrected chi connectivity index (χ1v) is 9.79. The second kappa shape index (κ2) is 10.7. The summed E-state index contributed by atoms with van der Waals surface area (Å²) in [6.07, 6.45) is 9.63. The highest BCUT2D eigenvalue weighted by Crippen LogP contribution is 2.36. The predicted octanol–water partition coefficient (Wildman–Crippen LogP) is 2.82. The molecule has 0 aromatic heterocycles. The van der Waals surface area contributed by atoms with Crippen molar-refractivity contribution in [2.45, 2.75) is 64.7 Å². The molecule has 0 amide bonds. The molecule has 1 fully saturated rings. The Morgan fingerprint density at radius 3 is 2.46 bits per heavy atom. The highest BCUT2D eigenvalue weighted by Gasteiger charge is 2.35. The zero-order valence-electron chi connectivity index (χ0n) is 15.8. The first kappa shape index (κ1) is 20.9. The number of unbranched alkanes of at least 4 members (excludes halogenated alkanes) is 5. The Hall–Kier alpha value is -1.37. The maximum absolute atomic E-state index is 11.9. The van der Waals surface area contributed by atoms with E-state index in [1.807, 2.05) is 0 Å². The number of hydrogen-bond acceptors (Lipinski definition) is 5. The number of esters is 1. The monoisotopic (exact) mass is 362 g/mol. The Kier molecular flexibility index (Phi) is 8.62. The molecule has 0 saturated carbocycles. The average Bonchev–Trinajstić information content (AvgIpc) is 2.59. The van der Waals surface area contributed by atoms with Gasteiger partial charge in [-0.25, -0.2) is 0 Å². The molecule has 0 spiro atoms. The van der Waals surface area contributed by atoms with Crippen LogP contribution < -0.4 is 10.2 Å². The van der Waals surface area contributed by atoms with Crippen molar-refractivity contribution < 1.29 is 24.3 Å². The van der Waals surface area contributed by atoms with E-state index in [2.05, 4.69) is 6.92 Å². The average molecular weight is 362 g/mol. The van der Waals surface area contributed by atoms with Gasteiger partial charge in [0.05, 0.1) is 13.2 Å². The maximum atomic E-state index is 11.9. The molecular weight excluding hydrogens is 331 g/mol. The van der Waals surface area contributed by atoms with Crippen molar-refractivity contribution in [2.24, 2.45) is 5.41 Å². The van der Waals surface area contributed by atoms with Crippen LogP contribution in [0.5, 0.6) is 5.75 Å². The molecule has 1 aromatic rings. The topological polar surface area (TPSA) is 76.0 Å². The second-order valence-electron chi connectivity index (χ2n) is 7.39. The minimum absolute atomic E-state index is 0.274. The number of carbonyl (C=O) groups is 1. The van der Waals surface area contributed by atoms with Gasteiger partial charge in [-0.05, 0) is 36.9 Å². The van der Waals surface area contributed by atoms with Crippen LogP contribution >= 0.6 is 0 Å². The van der Waals surface area contributed by atoms with E-state index in [0.29, 0.717) is 23.0 Å². The minimum Gasteiger partial charge on any atom is -0.427 e. The number of hydrogen-bond donors (Lipinski definition) is 2. The van der Waals surface area contributed by atoms with Crippen molar-refractivity contribution in [3.63, 3.8) is 0 Å². The van der Waals surface area contributed by atoms with Crippen LogP contribution in [0, 0.1) is 5.41 Å². The van der Waals surface area contributed by atoms with Crippen molar-refractivity contribution in [3.05, 3.63) is 24.3 Å². The lowest BCUT2D eigenvalue weighted by Crippen LogP contribution is -2.41. The van der Waals surface area contributed by atoms with Gasteiger partial charge in [0, 0.05) is 11.8 Å². The van der Waals surface area contributed by atoms with Crippen molar-refractivity contribution in [1.29, 1.82) is 0 Å². The summed E-state index contributed by atoms with van der Waals surface area (Å²) in [4.78, 5) is 11.9. The summed E-state index contributed by atoms with van der Waals surface area (Å²) in [5, 5.41) is 18.3. The molecule has 0 atom stereocenters. The van der Waals surface area contributed by atoms with Gasteiger partial charge in [0.25, 0.3) is 0 Å². The van der Waals surface area contributed by atoms with Crippen molar-refractivity contribution in [3.8, 4) is 5.75 Å². The summed E-state index contributed by atoms with van der Waals surface area (Å²) in [6.45, 7) is 4.13. The molecule has 1 aliphatic rings. The summed E-state index contributed by atoms with van der Waals surface area (Å²) in [6, 6.07) is 6.32. The molecule has 0 bridgehead atoms. The Balaban J connectivity index is 1.50. The van der Waals surface area contributed by atoms with Crippen LogP contribution in [0.1, 0.15) is 64.7 Å². The van der Waals surface area contributed by atoms with Crippen LogP contribution in [0.3, 0.4) is 0 Å². The zero-order chi connectivity index (χ0) is 18.8. The molecule has 1 aliphatic heterocycles. The van der Waals surface area contributed by atoms with Gasteiger partial charge in [0.1, 0.15) is 5.75 Å². The number of rotatable bonds is 12. The summed E-state index contributed by atoms with van der Waals surface area (Å²) in [7, 11) is -1.56. The van der Waals surface area contributed by atoms with Crippen LogP contribution in [-0.2, 0) is 9.53 Å². The number of carbonyl (C=O) groups excluding carboxylic acids is 1. The molecule has 1 saturated heterocycles. The summed E-state index contributed by atoms with van der Waals surface area (Å²) < 4.78 is 10.6. The number of benzene rings is 1. The lowest BCUT2D eigenvalue weighted by Gasteiger charge is -2.41. The van der Waals surface area contributed by atoms with E-state index in [4.69, 9.17) is 19.5 Å². The molecule has 6 heteroatoms. The van der Waals surface area contributed by atoms with Gasteiger partial charge >= 0.3 is 13.1 Å². The third kappa shape index (κ3) is 6.74. The Bertz CT molecular complexity index is 551. The first-order valence-electron chi connectivity index (χ1n) is 9.79. The van der Waals surface area contributed by atoms with E-state index in [9.17, 15) is 4.79 Å². The molecule has 0 radical (unpaired) electrons. The maximum Gasteiger partial charge on any atom is 0.488 e. The molecule has 26 heavy (non-hydrogen) atoms. The molecule has 2 N–H and O–H groups in total. The normalized spacial score (nSPS) is 15.3. The smallest absolute Gasteiger partial charge is 0.427 e. The van der Waals surface area contributed by atoms with Gasteiger partial charge in [0.2, 0.25) is 0 Å². The van der Waals surface area contributed by atoms with Crippen LogP contribution in [0.2, 0.25) is 0 Å². The molecule has 0 aliphatic carbocycles. The van der Waals surface area contributed by atoms with Gasteiger partial charge in [-0.1, -0.05) is 51.2 Å². The SMILES string of the molecule is CCC1(CCCCCCCCC(=O)Oc2cccc(B(O)O)c2)COC1. The fourth-order valence-electron chi connectivity index (χ4n) is 3.31. The standard InChI is InChI=1S/C20H31BO5/c1-2-20(15-25-16-20)13-8-6-4-3-5-7-12-19(22)26-18-11-9-10-17(14-18)21(23)24/h9-11,14,23-24H,2-8,12-13,15-16H2,1H3.